The fourth-order valence-corrected chi connectivity index (χ4v) is 4.55. The summed E-state index contributed by atoms with van der Waals surface area (Å²) in [5.74, 6) is -0.158. The van der Waals surface area contributed by atoms with Crippen LogP contribution in [0.15, 0.2) is 88.9 Å². The Morgan fingerprint density at radius 2 is 1.74 bits per heavy atom. The Hall–Kier alpha value is -4.25. The quantitative estimate of drug-likeness (QED) is 0.258. The maximum absolute atomic E-state index is 13.4. The van der Waals surface area contributed by atoms with Crippen molar-refractivity contribution in [2.45, 2.75) is 18.7 Å². The van der Waals surface area contributed by atoms with Gasteiger partial charge >= 0.3 is 0 Å². The number of nitro groups is 1. The molecule has 35 heavy (non-hydrogen) atoms. The van der Waals surface area contributed by atoms with Gasteiger partial charge in [0.15, 0.2) is 0 Å². The molecule has 0 bridgehead atoms. The van der Waals surface area contributed by atoms with Gasteiger partial charge < -0.3 is 4.74 Å². The number of hydrogen-bond acceptors (Lipinski definition) is 7. The predicted octanol–water partition coefficient (Wildman–Crippen LogP) is 3.73. The lowest BCUT2D eigenvalue weighted by Crippen LogP contribution is -2.39. The number of nitro benzene ring substituents is 1. The highest BCUT2D eigenvalue weighted by molar-refractivity contribution is 7.92. The molecule has 3 aromatic carbocycles. The zero-order chi connectivity index (χ0) is 25.4. The van der Waals surface area contributed by atoms with Gasteiger partial charge in [-0.15, -0.1) is 0 Å². The van der Waals surface area contributed by atoms with Gasteiger partial charge in [-0.2, -0.15) is 5.10 Å². The molecule has 0 fully saturated rings. The zero-order valence-electron chi connectivity index (χ0n) is 19.1. The fourth-order valence-electron chi connectivity index (χ4n) is 3.13. The number of benzene rings is 3. The Morgan fingerprint density at radius 3 is 2.37 bits per heavy atom. The van der Waals surface area contributed by atoms with Crippen LogP contribution in [0.5, 0.6) is 5.75 Å². The number of nitrogens with zero attached hydrogens (tertiary/aromatic N) is 3. The van der Waals surface area contributed by atoms with Crippen molar-refractivity contribution >= 4 is 33.0 Å². The molecular formula is C24H24N4O6S. The van der Waals surface area contributed by atoms with E-state index in [1.807, 2.05) is 6.92 Å². The van der Waals surface area contributed by atoms with Crippen LogP contribution in [0.1, 0.15) is 19.4 Å². The normalized spacial score (nSPS) is 11.5. The van der Waals surface area contributed by atoms with Crippen LogP contribution < -0.4 is 14.5 Å². The number of nitrogens with one attached hydrogen (secondary N) is 1. The van der Waals surface area contributed by atoms with Crippen molar-refractivity contribution in [3.05, 3.63) is 94.5 Å². The number of rotatable bonds is 10. The largest absolute Gasteiger partial charge is 0.494 e. The van der Waals surface area contributed by atoms with E-state index < -0.39 is 27.4 Å². The van der Waals surface area contributed by atoms with Gasteiger partial charge in [0.05, 0.1) is 27.8 Å². The lowest BCUT2D eigenvalue weighted by atomic mass is 10.1. The summed E-state index contributed by atoms with van der Waals surface area (Å²) in [6.07, 6.45) is 0. The summed E-state index contributed by atoms with van der Waals surface area (Å²) in [5, 5.41) is 15.0. The number of anilines is 1. The van der Waals surface area contributed by atoms with Gasteiger partial charge in [-0.3, -0.25) is 19.2 Å². The Balaban J connectivity index is 1.83. The standard InChI is InChI=1S/C24H24N4O6S/c1-3-34-22-12-14-23(15-13-22)35(32,33)27(20-9-5-4-6-10-20)17-24(29)26-25-18(2)19-8-7-11-21(16-19)28(30)31/h4-16H,3,17H2,1-2H3,(H,26,29)/b25-18-. The highest BCUT2D eigenvalue weighted by Crippen LogP contribution is 2.25. The highest BCUT2D eigenvalue weighted by atomic mass is 32.2. The second-order valence-electron chi connectivity index (χ2n) is 7.29. The van der Waals surface area contributed by atoms with Gasteiger partial charge in [-0.05, 0) is 50.2 Å². The SMILES string of the molecule is CCOc1ccc(S(=O)(=O)N(CC(=O)N/N=C(/C)c2cccc([N+](=O)[O-])c2)c2ccccc2)cc1. The van der Waals surface area contributed by atoms with E-state index in [1.165, 1.54) is 30.3 Å². The molecule has 1 N–H and O–H groups in total. The average Bonchev–Trinajstić information content (AvgIpc) is 2.87. The van der Waals surface area contributed by atoms with E-state index in [9.17, 15) is 23.3 Å². The highest BCUT2D eigenvalue weighted by Gasteiger charge is 2.27. The summed E-state index contributed by atoms with van der Waals surface area (Å²) in [7, 11) is -4.09. The molecule has 0 aliphatic rings. The van der Waals surface area contributed by atoms with Crippen molar-refractivity contribution < 1.29 is 22.9 Å². The lowest BCUT2D eigenvalue weighted by Gasteiger charge is -2.23. The number of sulfonamides is 1. The predicted molar refractivity (Wildman–Crippen MR) is 132 cm³/mol. The number of carbonyl (C=O) groups is 1. The summed E-state index contributed by atoms with van der Waals surface area (Å²) in [5.41, 5.74) is 3.29. The summed E-state index contributed by atoms with van der Waals surface area (Å²) in [4.78, 5) is 23.2. The first-order valence-corrected chi connectivity index (χ1v) is 12.0. The van der Waals surface area contributed by atoms with E-state index in [4.69, 9.17) is 4.74 Å². The smallest absolute Gasteiger partial charge is 0.270 e. The number of amides is 1. The Labute approximate surface area is 203 Å². The molecule has 0 radical (unpaired) electrons. The molecule has 0 saturated carbocycles. The molecule has 3 aromatic rings. The van der Waals surface area contributed by atoms with Crippen LogP contribution in [0, 0.1) is 10.1 Å². The third-order valence-electron chi connectivity index (χ3n) is 4.88. The van der Waals surface area contributed by atoms with Gasteiger partial charge in [0.1, 0.15) is 12.3 Å². The van der Waals surface area contributed by atoms with E-state index in [-0.39, 0.29) is 10.6 Å². The minimum atomic E-state index is -4.09. The molecule has 182 valence electrons. The number of para-hydroxylation sites is 1. The third-order valence-corrected chi connectivity index (χ3v) is 6.67. The van der Waals surface area contributed by atoms with Crippen molar-refractivity contribution in [1.29, 1.82) is 0 Å². The van der Waals surface area contributed by atoms with Gasteiger partial charge in [-0.1, -0.05) is 30.3 Å². The van der Waals surface area contributed by atoms with Crippen LogP contribution in [0.25, 0.3) is 0 Å². The maximum atomic E-state index is 13.4. The Morgan fingerprint density at radius 1 is 1.06 bits per heavy atom. The number of carbonyl (C=O) groups excluding carboxylic acids is 1. The van der Waals surface area contributed by atoms with Crippen LogP contribution in [0.2, 0.25) is 0 Å². The molecule has 0 aliphatic heterocycles. The van der Waals surface area contributed by atoms with Crippen molar-refractivity contribution in [1.82, 2.24) is 5.43 Å². The van der Waals surface area contributed by atoms with E-state index in [0.29, 0.717) is 29.3 Å². The van der Waals surface area contributed by atoms with E-state index in [0.717, 1.165) is 4.31 Å². The van der Waals surface area contributed by atoms with Crippen LogP contribution in [0.4, 0.5) is 11.4 Å². The van der Waals surface area contributed by atoms with Gasteiger partial charge in [0, 0.05) is 17.7 Å². The zero-order valence-corrected chi connectivity index (χ0v) is 19.9. The number of hydrazone groups is 1. The topological polar surface area (TPSA) is 131 Å². The molecule has 0 unspecified atom stereocenters. The van der Waals surface area contributed by atoms with Crippen molar-refractivity contribution in [3.8, 4) is 5.75 Å². The molecule has 11 heteroatoms. The average molecular weight is 497 g/mol. The summed E-state index contributed by atoms with van der Waals surface area (Å²) in [6.45, 7) is 3.30. The van der Waals surface area contributed by atoms with Gasteiger partial charge in [0.25, 0.3) is 21.6 Å². The summed E-state index contributed by atoms with van der Waals surface area (Å²) < 4.78 is 33.2. The first-order chi connectivity index (χ1) is 16.7. The van der Waals surface area contributed by atoms with Gasteiger partial charge in [-0.25, -0.2) is 13.8 Å². The molecule has 1 amide bonds. The van der Waals surface area contributed by atoms with E-state index >= 15 is 0 Å². The monoisotopic (exact) mass is 496 g/mol. The molecular weight excluding hydrogens is 472 g/mol. The molecule has 3 rings (SSSR count). The number of ether oxygens (including phenoxy) is 1. The van der Waals surface area contributed by atoms with Crippen LogP contribution in [-0.2, 0) is 14.8 Å². The molecule has 10 nitrogen and oxygen atoms in total. The van der Waals surface area contributed by atoms with Crippen molar-refractivity contribution in [3.63, 3.8) is 0 Å². The molecule has 0 heterocycles. The fraction of sp³-hybridized carbons (Fsp3) is 0.167. The molecule has 0 aliphatic carbocycles. The molecule has 0 saturated heterocycles. The summed E-state index contributed by atoms with van der Waals surface area (Å²) >= 11 is 0. The van der Waals surface area contributed by atoms with Gasteiger partial charge in [0.2, 0.25) is 0 Å². The van der Waals surface area contributed by atoms with Crippen LogP contribution in [-0.4, -0.2) is 38.1 Å². The van der Waals surface area contributed by atoms with E-state index in [2.05, 4.69) is 10.5 Å². The van der Waals surface area contributed by atoms with E-state index in [1.54, 1.807) is 55.5 Å². The number of hydrogen-bond donors (Lipinski definition) is 1. The second kappa shape index (κ2) is 11.3. The molecule has 0 atom stereocenters. The number of non-ortho nitro benzene ring substituents is 1. The van der Waals surface area contributed by atoms with Crippen molar-refractivity contribution in [2.75, 3.05) is 17.5 Å². The minimum Gasteiger partial charge on any atom is -0.494 e. The molecule has 0 aromatic heterocycles. The van der Waals surface area contributed by atoms with Crippen molar-refractivity contribution in [2.24, 2.45) is 5.10 Å². The minimum absolute atomic E-state index is 0.00566. The Kier molecular flexibility index (Phi) is 8.16. The Bertz CT molecular complexity index is 1330. The van der Waals surface area contributed by atoms with Crippen LogP contribution >= 0.6 is 0 Å². The van der Waals surface area contributed by atoms with Crippen LogP contribution in [0.3, 0.4) is 0 Å². The third kappa shape index (κ3) is 6.42. The second-order valence-corrected chi connectivity index (χ2v) is 9.15. The first kappa shape index (κ1) is 25.4. The lowest BCUT2D eigenvalue weighted by molar-refractivity contribution is -0.384. The maximum Gasteiger partial charge on any atom is 0.270 e. The molecule has 0 spiro atoms. The first-order valence-electron chi connectivity index (χ1n) is 10.6. The summed E-state index contributed by atoms with van der Waals surface area (Å²) in [6, 6.07) is 20.0.